The number of rotatable bonds is 3. The molecule has 3 aliphatic heterocycles. The van der Waals surface area contributed by atoms with Gasteiger partial charge in [-0.1, -0.05) is 11.6 Å². The average molecular weight is 586 g/mol. The summed E-state index contributed by atoms with van der Waals surface area (Å²) in [4.78, 5) is 29.9. The summed E-state index contributed by atoms with van der Waals surface area (Å²) in [6, 6.07) is 2.10. The van der Waals surface area contributed by atoms with Crippen LogP contribution in [0.2, 0.25) is 5.02 Å². The summed E-state index contributed by atoms with van der Waals surface area (Å²) in [5.41, 5.74) is -0.865. The smallest absolute Gasteiger partial charge is 0.410 e. The number of likely N-dealkylation sites (tertiary alicyclic amines) is 1. The zero-order valence-electron chi connectivity index (χ0n) is 21.1. The third-order valence-electron chi connectivity index (χ3n) is 6.83. The SMILES string of the molecule is CN(C)C1CN(c2nc(N3CCOC4(CN(C(=O)OC(C)(C)C)C4)C3)c3cc(Cl)c(Br)c(F)c3n2)C1. The van der Waals surface area contributed by atoms with Crippen molar-refractivity contribution >= 4 is 56.3 Å². The second kappa shape index (κ2) is 9.11. The van der Waals surface area contributed by atoms with Crippen molar-refractivity contribution < 1.29 is 18.7 Å². The van der Waals surface area contributed by atoms with Crippen LogP contribution in [0, 0.1) is 5.82 Å². The lowest BCUT2D eigenvalue weighted by Gasteiger charge is -2.53. The number of hydrogen-bond acceptors (Lipinski definition) is 8. The Morgan fingerprint density at radius 2 is 1.94 bits per heavy atom. The van der Waals surface area contributed by atoms with Gasteiger partial charge in [0.15, 0.2) is 5.82 Å². The Balaban J connectivity index is 1.44. The molecule has 0 bridgehead atoms. The number of amides is 1. The molecule has 0 radical (unpaired) electrons. The van der Waals surface area contributed by atoms with Crippen molar-refractivity contribution in [3.63, 3.8) is 0 Å². The topological polar surface area (TPSA) is 74.3 Å². The van der Waals surface area contributed by atoms with Crippen LogP contribution in [-0.2, 0) is 9.47 Å². The molecule has 1 aromatic heterocycles. The standard InChI is InChI=1S/C24H31BrClFN6O3/c1-23(2,3)36-22(34)33-12-24(13-33)11-31(6-7-35-24)20-15-8-16(26)17(25)18(27)19(15)28-21(29-20)32-9-14(10-32)30(4)5/h8,14H,6-7,9-13H2,1-5H3. The van der Waals surface area contributed by atoms with Crippen molar-refractivity contribution in [1.29, 1.82) is 0 Å². The van der Waals surface area contributed by atoms with Crippen LogP contribution in [0.3, 0.4) is 0 Å². The Kier molecular flexibility index (Phi) is 6.50. The fourth-order valence-corrected chi connectivity index (χ4v) is 5.29. The minimum absolute atomic E-state index is 0.187. The molecule has 0 unspecified atom stereocenters. The summed E-state index contributed by atoms with van der Waals surface area (Å²) >= 11 is 9.59. The predicted octanol–water partition coefficient (Wildman–Crippen LogP) is 3.76. The first-order valence-electron chi connectivity index (χ1n) is 12.0. The second-order valence-corrected chi connectivity index (χ2v) is 12.2. The maximum atomic E-state index is 15.3. The molecule has 0 atom stereocenters. The highest BCUT2D eigenvalue weighted by Crippen LogP contribution is 2.39. The molecule has 1 amide bonds. The Hall–Kier alpha value is -1.95. The molecule has 9 nitrogen and oxygen atoms in total. The normalized spacial score (nSPS) is 20.2. The van der Waals surface area contributed by atoms with Crippen molar-refractivity contribution in [2.75, 3.05) is 69.8 Å². The summed E-state index contributed by atoms with van der Waals surface area (Å²) in [5, 5.41) is 0.812. The molecule has 4 heterocycles. The Bertz CT molecular complexity index is 1200. The number of aromatic nitrogens is 2. The number of hydrogen-bond donors (Lipinski definition) is 0. The van der Waals surface area contributed by atoms with E-state index in [2.05, 4.69) is 35.6 Å². The summed E-state index contributed by atoms with van der Waals surface area (Å²) in [5.74, 6) is 0.609. The van der Waals surface area contributed by atoms with E-state index in [0.29, 0.717) is 56.0 Å². The van der Waals surface area contributed by atoms with Gasteiger partial charge in [0.1, 0.15) is 22.5 Å². The quantitative estimate of drug-likeness (QED) is 0.505. The fraction of sp³-hybridized carbons (Fsp3) is 0.625. The van der Waals surface area contributed by atoms with Gasteiger partial charge in [0.05, 0.1) is 35.7 Å². The molecule has 3 aliphatic rings. The van der Waals surface area contributed by atoms with Crippen LogP contribution in [0.4, 0.5) is 21.0 Å². The van der Waals surface area contributed by atoms with Gasteiger partial charge >= 0.3 is 6.09 Å². The van der Waals surface area contributed by atoms with Crippen LogP contribution in [0.15, 0.2) is 10.5 Å². The zero-order valence-corrected chi connectivity index (χ0v) is 23.5. The third kappa shape index (κ3) is 4.70. The van der Waals surface area contributed by atoms with Crippen molar-refractivity contribution in [3.8, 4) is 0 Å². The third-order valence-corrected chi connectivity index (χ3v) is 8.13. The van der Waals surface area contributed by atoms with Gasteiger partial charge in [-0.25, -0.2) is 14.2 Å². The van der Waals surface area contributed by atoms with E-state index in [1.165, 1.54) is 0 Å². The van der Waals surface area contributed by atoms with Crippen molar-refractivity contribution in [2.45, 2.75) is 38.0 Å². The van der Waals surface area contributed by atoms with Gasteiger partial charge in [-0.15, -0.1) is 0 Å². The highest BCUT2D eigenvalue weighted by atomic mass is 79.9. The van der Waals surface area contributed by atoms with E-state index in [1.54, 1.807) is 11.0 Å². The molecule has 0 saturated carbocycles. The summed E-state index contributed by atoms with van der Waals surface area (Å²) in [6.45, 7) is 9.47. The molecule has 1 aromatic carbocycles. The van der Waals surface area contributed by atoms with Gasteiger partial charge < -0.3 is 29.1 Å². The monoisotopic (exact) mass is 584 g/mol. The molecule has 2 aromatic rings. The lowest BCUT2D eigenvalue weighted by molar-refractivity contribution is -0.144. The van der Waals surface area contributed by atoms with E-state index in [4.69, 9.17) is 26.1 Å². The minimum Gasteiger partial charge on any atom is -0.444 e. The van der Waals surface area contributed by atoms with Gasteiger partial charge in [0.2, 0.25) is 5.95 Å². The lowest BCUT2D eigenvalue weighted by Crippen LogP contribution is -2.71. The van der Waals surface area contributed by atoms with E-state index in [1.807, 2.05) is 34.9 Å². The zero-order chi connectivity index (χ0) is 26.0. The van der Waals surface area contributed by atoms with Crippen LogP contribution in [0.5, 0.6) is 0 Å². The molecule has 36 heavy (non-hydrogen) atoms. The van der Waals surface area contributed by atoms with Gasteiger partial charge in [0.25, 0.3) is 0 Å². The summed E-state index contributed by atoms with van der Waals surface area (Å²) in [7, 11) is 4.08. The maximum absolute atomic E-state index is 15.3. The number of ether oxygens (including phenoxy) is 2. The predicted molar refractivity (Wildman–Crippen MR) is 141 cm³/mol. The Morgan fingerprint density at radius 3 is 2.58 bits per heavy atom. The minimum atomic E-state index is -0.560. The maximum Gasteiger partial charge on any atom is 0.410 e. The fourth-order valence-electron chi connectivity index (χ4n) is 4.79. The first-order valence-corrected chi connectivity index (χ1v) is 13.2. The number of carbonyl (C=O) groups excluding carboxylic acids is 1. The van der Waals surface area contributed by atoms with E-state index < -0.39 is 17.0 Å². The van der Waals surface area contributed by atoms with E-state index >= 15 is 4.39 Å². The Morgan fingerprint density at radius 1 is 1.25 bits per heavy atom. The number of fused-ring (bicyclic) bond motifs is 1. The van der Waals surface area contributed by atoms with Crippen LogP contribution in [-0.4, -0.2) is 103 Å². The number of benzene rings is 1. The molecule has 0 aliphatic carbocycles. The molecule has 12 heteroatoms. The largest absolute Gasteiger partial charge is 0.444 e. The molecular formula is C24H31BrClFN6O3. The summed E-state index contributed by atoms with van der Waals surface area (Å²) in [6.07, 6.45) is -0.351. The Labute approximate surface area is 223 Å². The lowest BCUT2D eigenvalue weighted by atomic mass is 9.92. The highest BCUT2D eigenvalue weighted by molar-refractivity contribution is 9.10. The highest BCUT2D eigenvalue weighted by Gasteiger charge is 2.50. The van der Waals surface area contributed by atoms with E-state index in [0.717, 1.165) is 13.1 Å². The molecule has 3 saturated heterocycles. The molecule has 1 spiro atoms. The van der Waals surface area contributed by atoms with E-state index in [9.17, 15) is 4.79 Å². The van der Waals surface area contributed by atoms with Crippen molar-refractivity contribution in [2.24, 2.45) is 0 Å². The number of morpholine rings is 1. The van der Waals surface area contributed by atoms with Crippen LogP contribution < -0.4 is 9.80 Å². The van der Waals surface area contributed by atoms with Gasteiger partial charge in [-0.3, -0.25) is 0 Å². The molecule has 3 fully saturated rings. The molecule has 196 valence electrons. The first-order chi connectivity index (χ1) is 16.9. The van der Waals surface area contributed by atoms with Gasteiger partial charge in [-0.05, 0) is 56.9 Å². The number of halogens is 3. The van der Waals surface area contributed by atoms with Crippen LogP contribution >= 0.6 is 27.5 Å². The molecular weight excluding hydrogens is 555 g/mol. The number of anilines is 2. The average Bonchev–Trinajstić information content (AvgIpc) is 2.73. The number of nitrogens with zero attached hydrogens (tertiary/aromatic N) is 6. The van der Waals surface area contributed by atoms with Gasteiger partial charge in [-0.2, -0.15) is 4.98 Å². The first kappa shape index (κ1) is 25.7. The van der Waals surface area contributed by atoms with Crippen molar-refractivity contribution in [3.05, 3.63) is 21.4 Å². The van der Waals surface area contributed by atoms with Gasteiger partial charge in [0, 0.05) is 31.1 Å². The number of carbonyl (C=O) groups is 1. The van der Waals surface area contributed by atoms with Crippen LogP contribution in [0.25, 0.3) is 10.9 Å². The molecule has 5 rings (SSSR count). The molecule has 0 N–H and O–H groups in total. The van der Waals surface area contributed by atoms with Crippen LogP contribution in [0.1, 0.15) is 20.8 Å². The van der Waals surface area contributed by atoms with Crippen molar-refractivity contribution in [1.82, 2.24) is 19.8 Å². The second-order valence-electron chi connectivity index (χ2n) is 11.0. The number of likely N-dealkylation sites (N-methyl/N-ethyl adjacent to an activating group) is 1. The summed E-state index contributed by atoms with van der Waals surface area (Å²) < 4.78 is 27.1. The van der Waals surface area contributed by atoms with E-state index in [-0.39, 0.29) is 21.1 Å².